The second-order valence-corrected chi connectivity index (χ2v) is 8.13. The molecule has 0 saturated carbocycles. The van der Waals surface area contributed by atoms with E-state index >= 15 is 0 Å². The van der Waals surface area contributed by atoms with Crippen molar-refractivity contribution in [3.63, 3.8) is 0 Å². The first-order valence-corrected chi connectivity index (χ1v) is 10.1. The van der Waals surface area contributed by atoms with Crippen molar-refractivity contribution in [3.05, 3.63) is 88.4 Å². The third-order valence-corrected chi connectivity index (χ3v) is 5.18. The van der Waals surface area contributed by atoms with Gasteiger partial charge in [-0.05, 0) is 26.0 Å². The number of hydrogen-bond acceptors (Lipinski definition) is 2. The molecule has 0 aliphatic heterocycles. The highest BCUT2D eigenvalue weighted by Gasteiger charge is 2.11. The van der Waals surface area contributed by atoms with Gasteiger partial charge in [-0.3, -0.25) is 0 Å². The molecule has 0 spiro atoms. The molecule has 136 valence electrons. The van der Waals surface area contributed by atoms with Crippen molar-refractivity contribution in [1.29, 1.82) is 0 Å². The lowest BCUT2D eigenvalue weighted by Crippen LogP contribution is -2.03. The third-order valence-electron chi connectivity index (χ3n) is 4.72. The monoisotopic (exact) mass is 426 g/mol. The topological polar surface area (TPSA) is 25.8 Å². The van der Waals surface area contributed by atoms with Gasteiger partial charge < -0.3 is 0 Å². The molecule has 0 radical (unpaired) electrons. The van der Waals surface area contributed by atoms with Gasteiger partial charge in [0.05, 0.1) is 11.4 Å². The molecule has 0 aliphatic carbocycles. The maximum absolute atomic E-state index is 4.90. The Morgan fingerprint density at radius 3 is 1.61 bits per heavy atom. The summed E-state index contributed by atoms with van der Waals surface area (Å²) in [5.41, 5.74) is 8.69. The van der Waals surface area contributed by atoms with Gasteiger partial charge in [-0.15, -0.1) is 0 Å². The van der Waals surface area contributed by atoms with Crippen LogP contribution in [0.15, 0.2) is 77.3 Å². The highest BCUT2D eigenvalue weighted by Crippen LogP contribution is 2.28. The Hall–Kier alpha value is -2.72. The van der Waals surface area contributed by atoms with E-state index in [0.29, 0.717) is 0 Å². The summed E-state index contributed by atoms with van der Waals surface area (Å²) in [5, 5.41) is 0. The van der Waals surface area contributed by atoms with E-state index in [1.54, 1.807) is 0 Å². The van der Waals surface area contributed by atoms with Crippen LogP contribution in [0.4, 0.5) is 0 Å². The van der Waals surface area contributed by atoms with Crippen LogP contribution in [0.2, 0.25) is 0 Å². The van der Waals surface area contributed by atoms with Crippen LogP contribution in [0.5, 0.6) is 0 Å². The second kappa shape index (κ2) is 7.73. The fraction of sp³-hybridized carbons (Fsp3) is 0.0833. The van der Waals surface area contributed by atoms with Crippen molar-refractivity contribution in [2.75, 3.05) is 0 Å². The Bertz CT molecular complexity index is 1050. The van der Waals surface area contributed by atoms with Crippen LogP contribution in [-0.4, -0.2) is 17.8 Å². The molecule has 0 unspecified atom stereocenters. The van der Waals surface area contributed by atoms with Gasteiger partial charge in [-0.2, -0.15) is 0 Å². The van der Waals surface area contributed by atoms with Crippen molar-refractivity contribution in [2.24, 2.45) is 0 Å². The number of aryl methyl sites for hydroxylation is 2. The normalized spacial score (nSPS) is 10.8. The quantitative estimate of drug-likeness (QED) is 0.425. The zero-order valence-electron chi connectivity index (χ0n) is 16.2. The molecule has 0 aliphatic rings. The number of rotatable bonds is 3. The summed E-state index contributed by atoms with van der Waals surface area (Å²) in [5.74, 6) is 0.734. The van der Waals surface area contributed by atoms with E-state index in [1.807, 2.05) is 0 Å². The lowest BCUT2D eigenvalue weighted by atomic mass is 9.94. The van der Waals surface area contributed by atoms with Crippen LogP contribution in [0.25, 0.3) is 33.9 Å². The van der Waals surface area contributed by atoms with Gasteiger partial charge in [0.15, 0.2) is 5.82 Å². The smallest absolute Gasteiger partial charge is 0.160 e. The van der Waals surface area contributed by atoms with Gasteiger partial charge in [0.25, 0.3) is 0 Å². The van der Waals surface area contributed by atoms with E-state index in [2.05, 4.69) is 110 Å². The second-order valence-electron chi connectivity index (χ2n) is 7.21. The molecule has 0 fully saturated rings. The van der Waals surface area contributed by atoms with Gasteiger partial charge in [-0.25, -0.2) is 9.97 Å². The minimum atomic E-state index is 0.734. The van der Waals surface area contributed by atoms with Crippen LogP contribution < -0.4 is 5.46 Å². The molecule has 4 rings (SSSR count). The molecule has 28 heavy (non-hydrogen) atoms. The van der Waals surface area contributed by atoms with Crippen molar-refractivity contribution in [1.82, 2.24) is 9.97 Å². The number of hydrogen-bond donors (Lipinski definition) is 0. The SMILES string of the molecule is Bc1cc(Br)cc(-c2nc(-c3ccc(C)cc3)cc(-c3ccc(C)cc3)n2)c1. The zero-order chi connectivity index (χ0) is 19.7. The van der Waals surface area contributed by atoms with Crippen LogP contribution in [0.3, 0.4) is 0 Å². The number of aromatic nitrogens is 2. The molecular weight excluding hydrogens is 407 g/mol. The van der Waals surface area contributed by atoms with Crippen molar-refractivity contribution in [2.45, 2.75) is 13.8 Å². The lowest BCUT2D eigenvalue weighted by Gasteiger charge is -2.10. The highest BCUT2D eigenvalue weighted by atomic mass is 79.9. The number of nitrogens with zero attached hydrogens (tertiary/aromatic N) is 2. The first-order chi connectivity index (χ1) is 13.5. The molecule has 1 heterocycles. The lowest BCUT2D eigenvalue weighted by molar-refractivity contribution is 1.18. The first kappa shape index (κ1) is 18.6. The number of halogens is 1. The maximum Gasteiger partial charge on any atom is 0.160 e. The van der Waals surface area contributed by atoms with Crippen LogP contribution in [0.1, 0.15) is 11.1 Å². The van der Waals surface area contributed by atoms with E-state index in [4.69, 9.17) is 9.97 Å². The first-order valence-electron chi connectivity index (χ1n) is 9.29. The summed E-state index contributed by atoms with van der Waals surface area (Å²) < 4.78 is 1.03. The minimum Gasteiger partial charge on any atom is -0.228 e. The van der Waals surface area contributed by atoms with Gasteiger partial charge in [0.2, 0.25) is 0 Å². The van der Waals surface area contributed by atoms with Crippen molar-refractivity contribution in [3.8, 4) is 33.9 Å². The summed E-state index contributed by atoms with van der Waals surface area (Å²) in [6.45, 7) is 4.19. The van der Waals surface area contributed by atoms with E-state index < -0.39 is 0 Å². The Labute approximate surface area is 175 Å². The molecule has 3 aromatic carbocycles. The van der Waals surface area contributed by atoms with Crippen LogP contribution >= 0.6 is 15.9 Å². The Kier molecular flexibility index (Phi) is 5.14. The molecule has 4 aromatic rings. The van der Waals surface area contributed by atoms with Gasteiger partial charge in [0.1, 0.15) is 7.85 Å². The van der Waals surface area contributed by atoms with E-state index in [-0.39, 0.29) is 0 Å². The Morgan fingerprint density at radius 2 is 1.14 bits per heavy atom. The fourth-order valence-electron chi connectivity index (χ4n) is 3.19. The molecule has 0 N–H and O–H groups in total. The summed E-state index contributed by atoms with van der Waals surface area (Å²) >= 11 is 3.60. The molecule has 0 amide bonds. The predicted octanol–water partition coefficient (Wildman–Crippen LogP) is 5.12. The fourth-order valence-corrected chi connectivity index (χ4v) is 3.79. The maximum atomic E-state index is 4.90. The third kappa shape index (κ3) is 4.07. The van der Waals surface area contributed by atoms with E-state index in [0.717, 1.165) is 38.4 Å². The summed E-state index contributed by atoms with van der Waals surface area (Å²) in [7, 11) is 2.08. The molecule has 0 atom stereocenters. The van der Waals surface area contributed by atoms with Crippen molar-refractivity contribution >= 4 is 29.2 Å². The Morgan fingerprint density at radius 1 is 0.643 bits per heavy atom. The molecule has 0 saturated heterocycles. The Balaban J connectivity index is 1.92. The van der Waals surface area contributed by atoms with E-state index in [9.17, 15) is 0 Å². The highest BCUT2D eigenvalue weighted by molar-refractivity contribution is 9.10. The molecular formula is C24H20BBrN2. The summed E-state index contributed by atoms with van der Waals surface area (Å²) in [6.07, 6.45) is 0. The van der Waals surface area contributed by atoms with E-state index in [1.165, 1.54) is 16.6 Å². The average molecular weight is 427 g/mol. The number of benzene rings is 3. The molecule has 0 bridgehead atoms. The average Bonchev–Trinajstić information content (AvgIpc) is 2.68. The van der Waals surface area contributed by atoms with Gasteiger partial charge in [-0.1, -0.05) is 93.2 Å². The standard InChI is InChI=1S/C24H20BBrN2/c1-15-3-7-17(8-4-15)22-14-23(18-9-5-16(2)6-10-18)28-24(27-22)19-11-20(25)13-21(26)12-19/h3-14H,25H2,1-2H3. The molecule has 1 aromatic heterocycles. The zero-order valence-corrected chi connectivity index (χ0v) is 17.8. The van der Waals surface area contributed by atoms with Crippen molar-refractivity contribution < 1.29 is 0 Å². The van der Waals surface area contributed by atoms with Gasteiger partial charge in [0, 0.05) is 21.2 Å². The molecule has 4 heteroatoms. The minimum absolute atomic E-state index is 0.734. The predicted molar refractivity (Wildman–Crippen MR) is 124 cm³/mol. The van der Waals surface area contributed by atoms with Gasteiger partial charge >= 0.3 is 0 Å². The summed E-state index contributed by atoms with van der Waals surface area (Å²) in [6, 6.07) is 25.3. The molecule has 2 nitrogen and oxygen atoms in total. The largest absolute Gasteiger partial charge is 0.228 e. The van der Waals surface area contributed by atoms with Crippen LogP contribution in [0, 0.1) is 13.8 Å². The van der Waals surface area contributed by atoms with Crippen LogP contribution in [-0.2, 0) is 0 Å². The summed E-state index contributed by atoms with van der Waals surface area (Å²) in [4.78, 5) is 9.79.